The summed E-state index contributed by atoms with van der Waals surface area (Å²) in [4.78, 5) is 0. The van der Waals surface area contributed by atoms with Crippen molar-refractivity contribution in [2.75, 3.05) is 14.2 Å². The van der Waals surface area contributed by atoms with E-state index in [-0.39, 0.29) is 5.54 Å². The van der Waals surface area contributed by atoms with E-state index in [9.17, 15) is 0 Å². The first kappa shape index (κ1) is 14.5. The van der Waals surface area contributed by atoms with Crippen LogP contribution in [0.4, 0.5) is 0 Å². The average Bonchev–Trinajstić information content (AvgIpc) is 2.83. The molecule has 1 N–H and O–H groups in total. The lowest BCUT2D eigenvalue weighted by atomic mass is 10.0. The Morgan fingerprint density at radius 3 is 2.47 bits per heavy atom. The second-order valence-electron chi connectivity index (χ2n) is 5.43. The highest BCUT2D eigenvalue weighted by atomic mass is 35.5. The van der Waals surface area contributed by atoms with Crippen LogP contribution in [0.2, 0.25) is 5.02 Å². The van der Waals surface area contributed by atoms with Gasteiger partial charge in [0.15, 0.2) is 11.5 Å². The van der Waals surface area contributed by atoms with Gasteiger partial charge in [-0.1, -0.05) is 24.4 Å². The lowest BCUT2D eigenvalue weighted by molar-refractivity contribution is 0.350. The van der Waals surface area contributed by atoms with Crippen LogP contribution in [0.1, 0.15) is 38.2 Å². The van der Waals surface area contributed by atoms with E-state index in [1.807, 2.05) is 12.1 Å². The largest absolute Gasteiger partial charge is 0.493 e. The summed E-state index contributed by atoms with van der Waals surface area (Å²) in [6, 6.07) is 3.92. The molecule has 0 aromatic heterocycles. The molecule has 1 aromatic rings. The number of hydrogen-bond donors (Lipinski definition) is 1. The maximum absolute atomic E-state index is 6.21. The third-order valence-corrected chi connectivity index (χ3v) is 4.20. The number of ether oxygens (including phenoxy) is 2. The first-order valence-electron chi connectivity index (χ1n) is 6.73. The van der Waals surface area contributed by atoms with Gasteiger partial charge in [0.2, 0.25) is 0 Å². The Morgan fingerprint density at radius 1 is 1.21 bits per heavy atom. The normalized spacial score (nSPS) is 17.5. The molecule has 0 atom stereocenters. The van der Waals surface area contributed by atoms with Crippen LogP contribution in [0.5, 0.6) is 11.5 Å². The van der Waals surface area contributed by atoms with Crippen LogP contribution in [0.15, 0.2) is 12.1 Å². The average molecular weight is 284 g/mol. The van der Waals surface area contributed by atoms with Gasteiger partial charge in [0.05, 0.1) is 19.2 Å². The third-order valence-electron chi connectivity index (χ3n) is 3.92. The van der Waals surface area contributed by atoms with Crippen molar-refractivity contribution in [2.24, 2.45) is 0 Å². The first-order chi connectivity index (χ1) is 9.08. The Bertz CT molecular complexity index is 442. The van der Waals surface area contributed by atoms with Crippen molar-refractivity contribution in [1.29, 1.82) is 0 Å². The van der Waals surface area contributed by atoms with Gasteiger partial charge in [-0.15, -0.1) is 0 Å². The molecular formula is C15H22ClNO2. The summed E-state index contributed by atoms with van der Waals surface area (Å²) >= 11 is 6.21. The minimum Gasteiger partial charge on any atom is -0.493 e. The number of hydrogen-bond acceptors (Lipinski definition) is 3. The quantitative estimate of drug-likeness (QED) is 0.892. The minimum atomic E-state index is 0.264. The monoisotopic (exact) mass is 283 g/mol. The molecule has 1 aromatic carbocycles. The van der Waals surface area contributed by atoms with Crippen LogP contribution in [0.25, 0.3) is 0 Å². The lowest BCUT2D eigenvalue weighted by Gasteiger charge is -2.25. The van der Waals surface area contributed by atoms with Gasteiger partial charge in [-0.25, -0.2) is 0 Å². The summed E-state index contributed by atoms with van der Waals surface area (Å²) < 4.78 is 10.6. The molecule has 4 heteroatoms. The van der Waals surface area contributed by atoms with E-state index in [0.29, 0.717) is 16.5 Å². The molecule has 1 aliphatic carbocycles. The Hall–Kier alpha value is -0.930. The molecule has 1 fully saturated rings. The van der Waals surface area contributed by atoms with Crippen molar-refractivity contribution >= 4 is 11.6 Å². The molecule has 0 saturated heterocycles. The lowest BCUT2D eigenvalue weighted by Crippen LogP contribution is -2.38. The zero-order valence-corrected chi connectivity index (χ0v) is 12.6. The van der Waals surface area contributed by atoms with Crippen LogP contribution < -0.4 is 14.8 Å². The number of rotatable bonds is 5. The summed E-state index contributed by atoms with van der Waals surface area (Å²) in [7, 11) is 3.23. The molecule has 106 valence electrons. The molecule has 0 unspecified atom stereocenters. The maximum atomic E-state index is 6.21. The Morgan fingerprint density at radius 2 is 1.89 bits per heavy atom. The van der Waals surface area contributed by atoms with Crippen molar-refractivity contribution in [3.63, 3.8) is 0 Å². The molecule has 0 aliphatic heterocycles. The van der Waals surface area contributed by atoms with Gasteiger partial charge < -0.3 is 14.8 Å². The smallest absolute Gasteiger partial charge is 0.179 e. The van der Waals surface area contributed by atoms with Gasteiger partial charge in [0.25, 0.3) is 0 Å². The highest BCUT2D eigenvalue weighted by molar-refractivity contribution is 6.32. The van der Waals surface area contributed by atoms with Crippen LogP contribution >= 0.6 is 11.6 Å². The maximum Gasteiger partial charge on any atom is 0.179 e. The summed E-state index contributed by atoms with van der Waals surface area (Å²) in [6.07, 6.45) is 5.12. The van der Waals surface area contributed by atoms with Gasteiger partial charge in [-0.3, -0.25) is 0 Å². The highest BCUT2D eigenvalue weighted by Gasteiger charge is 2.27. The van der Waals surface area contributed by atoms with Crippen LogP contribution in [-0.4, -0.2) is 19.8 Å². The van der Waals surface area contributed by atoms with Crippen molar-refractivity contribution in [3.05, 3.63) is 22.7 Å². The fourth-order valence-corrected chi connectivity index (χ4v) is 3.03. The highest BCUT2D eigenvalue weighted by Crippen LogP contribution is 2.36. The molecule has 0 amide bonds. The fourth-order valence-electron chi connectivity index (χ4n) is 2.72. The van der Waals surface area contributed by atoms with Gasteiger partial charge in [0, 0.05) is 12.1 Å². The van der Waals surface area contributed by atoms with E-state index in [1.54, 1.807) is 14.2 Å². The zero-order chi connectivity index (χ0) is 13.9. The standard InChI is InChI=1S/C15H22ClNO2/c1-15(6-4-5-7-15)17-10-11-8-12(16)14(19-3)13(9-11)18-2/h8-9,17H,4-7,10H2,1-3H3. The number of benzene rings is 1. The Labute approximate surface area is 120 Å². The van der Waals surface area contributed by atoms with Gasteiger partial charge in [0.1, 0.15) is 0 Å². The molecule has 0 heterocycles. The van der Waals surface area contributed by atoms with Crippen LogP contribution in [0, 0.1) is 0 Å². The summed E-state index contributed by atoms with van der Waals surface area (Å²) in [5.41, 5.74) is 1.38. The zero-order valence-electron chi connectivity index (χ0n) is 11.9. The second-order valence-corrected chi connectivity index (χ2v) is 5.84. The van der Waals surface area contributed by atoms with E-state index < -0.39 is 0 Å². The molecular weight excluding hydrogens is 262 g/mol. The van der Waals surface area contributed by atoms with E-state index in [1.165, 1.54) is 25.7 Å². The van der Waals surface area contributed by atoms with Crippen molar-refractivity contribution in [2.45, 2.75) is 44.7 Å². The van der Waals surface area contributed by atoms with Crippen molar-refractivity contribution in [3.8, 4) is 11.5 Å². The van der Waals surface area contributed by atoms with Gasteiger partial charge >= 0.3 is 0 Å². The SMILES string of the molecule is COc1cc(CNC2(C)CCCC2)cc(Cl)c1OC. The third kappa shape index (κ3) is 3.34. The van der Waals surface area contributed by atoms with E-state index in [0.717, 1.165) is 12.1 Å². The van der Waals surface area contributed by atoms with Crippen LogP contribution in [0.3, 0.4) is 0 Å². The molecule has 1 saturated carbocycles. The van der Waals surface area contributed by atoms with Gasteiger partial charge in [-0.2, -0.15) is 0 Å². The van der Waals surface area contributed by atoms with Crippen molar-refractivity contribution in [1.82, 2.24) is 5.32 Å². The predicted molar refractivity (Wildman–Crippen MR) is 78.3 cm³/mol. The molecule has 0 spiro atoms. The van der Waals surface area contributed by atoms with Gasteiger partial charge in [-0.05, 0) is 37.5 Å². The molecule has 0 radical (unpaired) electrons. The van der Waals surface area contributed by atoms with E-state index in [2.05, 4.69) is 12.2 Å². The van der Waals surface area contributed by atoms with E-state index >= 15 is 0 Å². The molecule has 2 rings (SSSR count). The molecule has 0 bridgehead atoms. The topological polar surface area (TPSA) is 30.5 Å². The number of halogens is 1. The predicted octanol–water partition coefficient (Wildman–Crippen LogP) is 3.78. The van der Waals surface area contributed by atoms with Crippen LogP contribution in [-0.2, 0) is 6.54 Å². The first-order valence-corrected chi connectivity index (χ1v) is 7.11. The Kier molecular flexibility index (Phi) is 4.58. The summed E-state index contributed by atoms with van der Waals surface area (Å²) in [6.45, 7) is 3.10. The second kappa shape index (κ2) is 6.02. The summed E-state index contributed by atoms with van der Waals surface area (Å²) in [5, 5.41) is 4.23. The molecule has 1 aliphatic rings. The summed E-state index contributed by atoms with van der Waals surface area (Å²) in [5.74, 6) is 1.28. The van der Waals surface area contributed by atoms with E-state index in [4.69, 9.17) is 21.1 Å². The van der Waals surface area contributed by atoms with Crippen molar-refractivity contribution < 1.29 is 9.47 Å². The minimum absolute atomic E-state index is 0.264. The Balaban J connectivity index is 2.10. The molecule has 3 nitrogen and oxygen atoms in total. The molecule has 19 heavy (non-hydrogen) atoms. The number of methoxy groups -OCH3 is 2. The fraction of sp³-hybridized carbons (Fsp3) is 0.600. The number of nitrogens with one attached hydrogen (secondary N) is 1.